The Kier molecular flexibility index (Phi) is 6.05. The van der Waals surface area contributed by atoms with Crippen molar-refractivity contribution >= 4 is 23.2 Å². The van der Waals surface area contributed by atoms with Gasteiger partial charge in [0, 0.05) is 21.8 Å². The van der Waals surface area contributed by atoms with Gasteiger partial charge in [-0.1, -0.05) is 77.8 Å². The van der Waals surface area contributed by atoms with Crippen LogP contribution in [-0.4, -0.2) is 5.91 Å². The second kappa shape index (κ2) is 8.65. The summed E-state index contributed by atoms with van der Waals surface area (Å²) in [6.45, 7) is 2.65. The Morgan fingerprint density at radius 1 is 0.962 bits per heavy atom. The number of anilines is 1. The molecule has 0 fully saturated rings. The minimum Gasteiger partial charge on any atom is -0.328 e. The number of rotatable bonds is 6. The number of hydrogen-bond donors (Lipinski definition) is 2. The molecule has 3 rings (SSSR count). The Labute approximate surface area is 159 Å². The highest BCUT2D eigenvalue weighted by Crippen LogP contribution is 2.16. The maximum Gasteiger partial charge on any atom is 0.287 e. The molecule has 0 aromatic heterocycles. The fraction of sp³-hybridized carbons (Fsp3) is 0.136. The van der Waals surface area contributed by atoms with Crippen LogP contribution in [0.1, 0.15) is 22.7 Å². The van der Waals surface area contributed by atoms with Gasteiger partial charge in [-0.15, -0.1) is 0 Å². The van der Waals surface area contributed by atoms with E-state index in [2.05, 4.69) is 5.32 Å². The highest BCUT2D eigenvalue weighted by molar-refractivity contribution is 6.31. The van der Waals surface area contributed by atoms with E-state index < -0.39 is 0 Å². The summed E-state index contributed by atoms with van der Waals surface area (Å²) in [6.07, 6.45) is 0. The molecule has 0 heterocycles. The summed E-state index contributed by atoms with van der Waals surface area (Å²) < 4.78 is 0. The van der Waals surface area contributed by atoms with Crippen LogP contribution in [0, 0.1) is 6.92 Å². The highest BCUT2D eigenvalue weighted by Gasteiger charge is 2.24. The zero-order valence-electron chi connectivity index (χ0n) is 14.7. The van der Waals surface area contributed by atoms with Gasteiger partial charge in [0.25, 0.3) is 5.91 Å². The first kappa shape index (κ1) is 18.2. The Bertz CT molecular complexity index is 863. The molecular formula is C22H22ClN2O+. The molecule has 0 aliphatic heterocycles. The molecule has 0 radical (unpaired) electrons. The van der Waals surface area contributed by atoms with Gasteiger partial charge in [-0.3, -0.25) is 4.79 Å². The Morgan fingerprint density at radius 2 is 1.62 bits per heavy atom. The van der Waals surface area contributed by atoms with Crippen molar-refractivity contribution in [2.24, 2.45) is 0 Å². The van der Waals surface area contributed by atoms with Gasteiger partial charge in [0.1, 0.15) is 6.54 Å². The summed E-state index contributed by atoms with van der Waals surface area (Å²) in [5.41, 5.74) is 3.93. The number of quaternary nitrogens is 1. The molecule has 3 aromatic carbocycles. The van der Waals surface area contributed by atoms with Gasteiger partial charge >= 0.3 is 0 Å². The van der Waals surface area contributed by atoms with Crippen molar-refractivity contribution < 1.29 is 10.1 Å². The number of nitrogens with one attached hydrogen (secondary N) is 1. The zero-order valence-corrected chi connectivity index (χ0v) is 15.4. The molecule has 26 heavy (non-hydrogen) atoms. The second-order valence-electron chi connectivity index (χ2n) is 6.27. The van der Waals surface area contributed by atoms with Gasteiger partial charge in [0.15, 0.2) is 6.04 Å². The molecule has 0 bridgehead atoms. The Morgan fingerprint density at radius 3 is 2.31 bits per heavy atom. The van der Waals surface area contributed by atoms with E-state index in [4.69, 9.17) is 11.6 Å². The van der Waals surface area contributed by atoms with E-state index in [1.807, 2.05) is 91.1 Å². The molecule has 0 spiro atoms. The van der Waals surface area contributed by atoms with Crippen molar-refractivity contribution in [1.29, 1.82) is 0 Å². The number of carbonyl (C=O) groups is 1. The second-order valence-corrected chi connectivity index (χ2v) is 6.68. The summed E-state index contributed by atoms with van der Waals surface area (Å²) >= 11 is 6.26. The van der Waals surface area contributed by atoms with Crippen LogP contribution in [-0.2, 0) is 11.3 Å². The topological polar surface area (TPSA) is 45.7 Å². The van der Waals surface area contributed by atoms with Crippen molar-refractivity contribution in [3.8, 4) is 0 Å². The van der Waals surface area contributed by atoms with Gasteiger partial charge < -0.3 is 10.6 Å². The summed E-state index contributed by atoms with van der Waals surface area (Å²) in [7, 11) is 0. The Hall–Kier alpha value is -2.62. The van der Waals surface area contributed by atoms with Crippen LogP contribution in [0.2, 0.25) is 5.02 Å². The molecule has 1 atom stereocenters. The predicted molar refractivity (Wildman–Crippen MR) is 106 cm³/mol. The third-order valence-corrected chi connectivity index (χ3v) is 4.66. The number of amides is 1. The number of aryl methyl sites for hydroxylation is 1. The van der Waals surface area contributed by atoms with E-state index in [9.17, 15) is 4.79 Å². The van der Waals surface area contributed by atoms with Crippen LogP contribution in [0.15, 0.2) is 78.9 Å². The average Bonchev–Trinajstić information content (AvgIpc) is 2.66. The van der Waals surface area contributed by atoms with Crippen LogP contribution < -0.4 is 10.6 Å². The molecule has 0 unspecified atom stereocenters. The number of nitrogens with two attached hydrogens (primary N) is 1. The van der Waals surface area contributed by atoms with E-state index in [0.717, 1.165) is 27.4 Å². The maximum atomic E-state index is 12.9. The first-order valence-corrected chi connectivity index (χ1v) is 9.00. The van der Waals surface area contributed by atoms with Gasteiger partial charge in [0.2, 0.25) is 0 Å². The highest BCUT2D eigenvalue weighted by atomic mass is 35.5. The molecule has 1 amide bonds. The lowest BCUT2D eigenvalue weighted by molar-refractivity contribution is -0.697. The van der Waals surface area contributed by atoms with Gasteiger partial charge in [0.05, 0.1) is 0 Å². The minimum absolute atomic E-state index is 0.0490. The third kappa shape index (κ3) is 4.72. The monoisotopic (exact) mass is 365 g/mol. The van der Waals surface area contributed by atoms with Gasteiger partial charge in [-0.05, 0) is 25.1 Å². The lowest BCUT2D eigenvalue weighted by atomic mass is 10.1. The first-order valence-electron chi connectivity index (χ1n) is 8.62. The number of benzene rings is 3. The smallest absolute Gasteiger partial charge is 0.287 e. The van der Waals surface area contributed by atoms with Crippen LogP contribution >= 0.6 is 11.6 Å². The van der Waals surface area contributed by atoms with E-state index in [-0.39, 0.29) is 11.9 Å². The largest absolute Gasteiger partial charge is 0.328 e. The number of hydrogen-bond acceptors (Lipinski definition) is 1. The first-order chi connectivity index (χ1) is 12.6. The summed E-state index contributed by atoms with van der Waals surface area (Å²) in [5.74, 6) is -0.0490. The average molecular weight is 366 g/mol. The molecular weight excluding hydrogens is 344 g/mol. The SMILES string of the molecule is Cc1ccc(NC(=O)[C@@H]([NH2+]Cc2ccccc2Cl)c2ccccc2)cc1. The van der Waals surface area contributed by atoms with Crippen LogP contribution in [0.3, 0.4) is 0 Å². The van der Waals surface area contributed by atoms with Gasteiger partial charge in [-0.2, -0.15) is 0 Å². The van der Waals surface area contributed by atoms with E-state index in [0.29, 0.717) is 6.54 Å². The van der Waals surface area contributed by atoms with Crippen molar-refractivity contribution in [3.05, 3.63) is 101 Å². The molecule has 132 valence electrons. The third-order valence-electron chi connectivity index (χ3n) is 4.29. The minimum atomic E-state index is -0.353. The standard InChI is InChI=1S/C22H21ClN2O/c1-16-11-13-19(14-12-16)25-22(26)21(17-7-3-2-4-8-17)24-15-18-9-5-6-10-20(18)23/h2-14,21,24H,15H2,1H3,(H,25,26)/p+1/t21-/m0/s1. The van der Waals surface area contributed by atoms with E-state index >= 15 is 0 Å². The van der Waals surface area contributed by atoms with Crippen molar-refractivity contribution in [1.82, 2.24) is 0 Å². The predicted octanol–water partition coefficient (Wildman–Crippen LogP) is 4.09. The zero-order chi connectivity index (χ0) is 18.4. The fourth-order valence-electron chi connectivity index (χ4n) is 2.82. The fourth-order valence-corrected chi connectivity index (χ4v) is 3.03. The lowest BCUT2D eigenvalue weighted by Crippen LogP contribution is -2.85. The summed E-state index contributed by atoms with van der Waals surface area (Å²) in [6, 6.07) is 25.0. The Balaban J connectivity index is 1.78. The lowest BCUT2D eigenvalue weighted by Gasteiger charge is -2.16. The summed E-state index contributed by atoms with van der Waals surface area (Å²) in [5, 5.41) is 5.75. The van der Waals surface area contributed by atoms with Crippen molar-refractivity contribution in [2.45, 2.75) is 19.5 Å². The molecule has 0 saturated carbocycles. The van der Waals surface area contributed by atoms with Gasteiger partial charge in [-0.25, -0.2) is 0 Å². The molecule has 4 heteroatoms. The number of carbonyl (C=O) groups excluding carboxylic acids is 1. The normalized spacial score (nSPS) is 11.8. The quantitative estimate of drug-likeness (QED) is 0.679. The molecule has 0 aliphatic rings. The molecule has 3 aromatic rings. The summed E-state index contributed by atoms with van der Waals surface area (Å²) in [4.78, 5) is 12.9. The van der Waals surface area contributed by atoms with Crippen molar-refractivity contribution in [2.75, 3.05) is 5.32 Å². The molecule has 3 N–H and O–H groups in total. The van der Waals surface area contributed by atoms with Crippen LogP contribution in [0.25, 0.3) is 0 Å². The van der Waals surface area contributed by atoms with Crippen LogP contribution in [0.5, 0.6) is 0 Å². The van der Waals surface area contributed by atoms with Crippen LogP contribution in [0.4, 0.5) is 5.69 Å². The van der Waals surface area contributed by atoms with Crippen molar-refractivity contribution in [3.63, 3.8) is 0 Å². The molecule has 0 aliphatic carbocycles. The molecule has 0 saturated heterocycles. The molecule has 3 nitrogen and oxygen atoms in total. The van der Waals surface area contributed by atoms with E-state index in [1.165, 1.54) is 0 Å². The maximum absolute atomic E-state index is 12.9. The van der Waals surface area contributed by atoms with E-state index in [1.54, 1.807) is 0 Å². The number of halogens is 1.